The van der Waals surface area contributed by atoms with Crippen LogP contribution in [0.2, 0.25) is 0 Å². The number of hydrogen-bond acceptors (Lipinski definition) is 2. The Kier molecular flexibility index (Phi) is 12.0. The van der Waals surface area contributed by atoms with E-state index in [4.69, 9.17) is 5.11 Å². The van der Waals surface area contributed by atoms with Gasteiger partial charge in [0.2, 0.25) is 0 Å². The molecule has 0 aromatic carbocycles. The van der Waals surface area contributed by atoms with Crippen LogP contribution in [0.5, 0.6) is 0 Å². The first-order valence-electron chi connectivity index (χ1n) is 8.33. The summed E-state index contributed by atoms with van der Waals surface area (Å²) in [6.45, 7) is 8.28. The fourth-order valence-electron chi connectivity index (χ4n) is 2.23. The number of rotatable bonds is 11. The van der Waals surface area contributed by atoms with E-state index in [0.717, 1.165) is 43.3 Å². The van der Waals surface area contributed by atoms with Crippen LogP contribution in [0.25, 0.3) is 0 Å². The van der Waals surface area contributed by atoms with Crippen LogP contribution in [0.15, 0.2) is 46.6 Å². The van der Waals surface area contributed by atoms with Crippen molar-refractivity contribution in [3.8, 4) is 0 Å². The fourth-order valence-corrected chi connectivity index (χ4v) is 2.23. The van der Waals surface area contributed by atoms with Gasteiger partial charge < -0.3 is 10.2 Å². The van der Waals surface area contributed by atoms with Gasteiger partial charge in [-0.1, -0.05) is 34.9 Å². The molecule has 0 bridgehead atoms. The normalized spacial score (nSPS) is 13.2. The number of carbonyl (C=O) groups is 1. The highest BCUT2D eigenvalue weighted by Gasteiger charge is 1.98. The van der Waals surface area contributed by atoms with Crippen molar-refractivity contribution in [3.05, 3.63) is 46.6 Å². The summed E-state index contributed by atoms with van der Waals surface area (Å²) < 4.78 is 0. The predicted molar refractivity (Wildman–Crippen MR) is 97.5 cm³/mol. The molecule has 0 rings (SSSR count). The number of hydrogen-bond donors (Lipinski definition) is 2. The number of aliphatic hydroxyl groups is 1. The molecule has 0 aliphatic rings. The van der Waals surface area contributed by atoms with Crippen LogP contribution in [0.4, 0.5) is 0 Å². The summed E-state index contributed by atoms with van der Waals surface area (Å²) in [5.74, 6) is -0.900. The Morgan fingerprint density at radius 1 is 0.826 bits per heavy atom. The average Bonchev–Trinajstić information content (AvgIpc) is 2.44. The minimum atomic E-state index is -0.900. The second kappa shape index (κ2) is 12.9. The van der Waals surface area contributed by atoms with Crippen molar-refractivity contribution >= 4 is 5.97 Å². The van der Waals surface area contributed by atoms with Gasteiger partial charge in [0.1, 0.15) is 0 Å². The van der Waals surface area contributed by atoms with Crippen molar-refractivity contribution in [2.75, 3.05) is 6.61 Å². The van der Waals surface area contributed by atoms with Crippen LogP contribution in [-0.2, 0) is 4.79 Å². The second-order valence-electron chi connectivity index (χ2n) is 6.30. The Hall–Kier alpha value is -1.61. The maximum absolute atomic E-state index is 10.5. The van der Waals surface area contributed by atoms with Crippen LogP contribution in [-0.4, -0.2) is 22.8 Å². The van der Waals surface area contributed by atoms with Crippen molar-refractivity contribution in [2.24, 2.45) is 0 Å². The van der Waals surface area contributed by atoms with Gasteiger partial charge in [0, 0.05) is 6.08 Å². The van der Waals surface area contributed by atoms with Crippen molar-refractivity contribution in [1.29, 1.82) is 0 Å². The molecule has 2 N–H and O–H groups in total. The zero-order valence-corrected chi connectivity index (χ0v) is 15.1. The van der Waals surface area contributed by atoms with Crippen molar-refractivity contribution in [2.45, 2.75) is 66.2 Å². The molecule has 0 aromatic rings. The van der Waals surface area contributed by atoms with Gasteiger partial charge in [0.25, 0.3) is 0 Å². The summed E-state index contributed by atoms with van der Waals surface area (Å²) >= 11 is 0. The SMILES string of the molecule is CC(C)=CCCC(C)=CCCC(=CCCC(C)=CC(=O)O)CO. The summed E-state index contributed by atoms with van der Waals surface area (Å²) in [6, 6.07) is 0. The van der Waals surface area contributed by atoms with Crippen LogP contribution < -0.4 is 0 Å². The second-order valence-corrected chi connectivity index (χ2v) is 6.30. The largest absolute Gasteiger partial charge is 0.478 e. The third kappa shape index (κ3) is 13.8. The molecule has 0 heterocycles. The van der Waals surface area contributed by atoms with Gasteiger partial charge in [-0.2, -0.15) is 0 Å². The van der Waals surface area contributed by atoms with E-state index in [1.807, 2.05) is 13.0 Å². The Morgan fingerprint density at radius 3 is 1.96 bits per heavy atom. The van der Waals surface area contributed by atoms with Crippen LogP contribution >= 0.6 is 0 Å². The highest BCUT2D eigenvalue weighted by molar-refractivity contribution is 5.80. The molecule has 3 nitrogen and oxygen atoms in total. The van der Waals surface area contributed by atoms with Crippen molar-refractivity contribution in [1.82, 2.24) is 0 Å². The van der Waals surface area contributed by atoms with E-state index in [1.165, 1.54) is 17.2 Å². The number of allylic oxidation sites excluding steroid dienone is 6. The van der Waals surface area contributed by atoms with Gasteiger partial charge in [-0.25, -0.2) is 4.79 Å². The summed E-state index contributed by atoms with van der Waals surface area (Å²) in [6.07, 6.45) is 13.2. The van der Waals surface area contributed by atoms with Gasteiger partial charge >= 0.3 is 5.97 Å². The van der Waals surface area contributed by atoms with E-state index < -0.39 is 5.97 Å². The summed E-state index contributed by atoms with van der Waals surface area (Å²) in [5, 5.41) is 18.1. The molecule has 23 heavy (non-hydrogen) atoms. The smallest absolute Gasteiger partial charge is 0.328 e. The minimum absolute atomic E-state index is 0.0757. The van der Waals surface area contributed by atoms with E-state index in [1.54, 1.807) is 0 Å². The number of aliphatic carboxylic acids is 1. The monoisotopic (exact) mass is 320 g/mol. The third-order valence-corrected chi connectivity index (χ3v) is 3.59. The van der Waals surface area contributed by atoms with Gasteiger partial charge in [-0.3, -0.25) is 0 Å². The molecule has 0 aliphatic heterocycles. The van der Waals surface area contributed by atoms with Crippen LogP contribution in [0.3, 0.4) is 0 Å². The molecular weight excluding hydrogens is 288 g/mol. The van der Waals surface area contributed by atoms with Crippen molar-refractivity contribution in [3.63, 3.8) is 0 Å². The minimum Gasteiger partial charge on any atom is -0.478 e. The zero-order chi connectivity index (χ0) is 17.7. The molecular formula is C20H32O3. The van der Waals surface area contributed by atoms with E-state index in [0.29, 0.717) is 6.42 Å². The Balaban J connectivity index is 4.20. The molecule has 0 aromatic heterocycles. The lowest BCUT2D eigenvalue weighted by Crippen LogP contribution is -1.92. The quantitative estimate of drug-likeness (QED) is 0.407. The lowest BCUT2D eigenvalue weighted by molar-refractivity contribution is -0.131. The molecule has 0 saturated heterocycles. The number of aliphatic hydroxyl groups excluding tert-OH is 1. The number of carboxylic acid groups (broad SMARTS) is 1. The molecule has 0 atom stereocenters. The summed E-state index contributed by atoms with van der Waals surface area (Å²) in [4.78, 5) is 10.5. The maximum Gasteiger partial charge on any atom is 0.328 e. The lowest BCUT2D eigenvalue weighted by Gasteiger charge is -2.04. The van der Waals surface area contributed by atoms with Crippen molar-refractivity contribution < 1.29 is 15.0 Å². The summed E-state index contributed by atoms with van der Waals surface area (Å²) in [5.41, 5.74) is 4.62. The molecule has 0 amide bonds. The number of carboxylic acids is 1. The molecule has 0 fully saturated rings. The van der Waals surface area contributed by atoms with E-state index in [2.05, 4.69) is 32.9 Å². The molecule has 130 valence electrons. The highest BCUT2D eigenvalue weighted by Crippen LogP contribution is 2.13. The highest BCUT2D eigenvalue weighted by atomic mass is 16.4. The van der Waals surface area contributed by atoms with Gasteiger partial charge in [-0.05, 0) is 71.8 Å². The first-order chi connectivity index (χ1) is 10.8. The predicted octanol–water partition coefficient (Wildman–Crippen LogP) is 5.19. The standard InChI is InChI=1S/C20H32O3/c1-16(2)8-5-9-17(3)10-6-12-19(15-21)13-7-11-18(4)14-20(22)23/h8,10,13-14,21H,5-7,9,11-12,15H2,1-4H3,(H,22,23). The first kappa shape index (κ1) is 21.4. The molecule has 0 unspecified atom stereocenters. The van der Waals surface area contributed by atoms with Gasteiger partial charge in [0.15, 0.2) is 0 Å². The van der Waals surface area contributed by atoms with Gasteiger partial charge in [0.05, 0.1) is 6.61 Å². The van der Waals surface area contributed by atoms with E-state index >= 15 is 0 Å². The first-order valence-corrected chi connectivity index (χ1v) is 8.33. The zero-order valence-electron chi connectivity index (χ0n) is 15.1. The Bertz CT molecular complexity index is 475. The molecule has 3 heteroatoms. The molecule has 0 radical (unpaired) electrons. The average molecular weight is 320 g/mol. The Labute approximate surface area is 141 Å². The summed E-state index contributed by atoms with van der Waals surface area (Å²) in [7, 11) is 0. The topological polar surface area (TPSA) is 57.5 Å². The van der Waals surface area contributed by atoms with Crippen LogP contribution in [0.1, 0.15) is 66.2 Å². The molecule has 0 aliphatic carbocycles. The maximum atomic E-state index is 10.5. The molecule has 0 saturated carbocycles. The molecule has 0 spiro atoms. The third-order valence-electron chi connectivity index (χ3n) is 3.59. The fraction of sp³-hybridized carbons (Fsp3) is 0.550. The lowest BCUT2D eigenvalue weighted by atomic mass is 10.0. The Morgan fingerprint density at radius 2 is 1.39 bits per heavy atom. The van der Waals surface area contributed by atoms with E-state index in [9.17, 15) is 9.90 Å². The van der Waals surface area contributed by atoms with Crippen LogP contribution in [0, 0.1) is 0 Å². The van der Waals surface area contributed by atoms with Gasteiger partial charge in [-0.15, -0.1) is 0 Å². The van der Waals surface area contributed by atoms with E-state index in [-0.39, 0.29) is 6.61 Å².